The van der Waals surface area contributed by atoms with Gasteiger partial charge < -0.3 is 5.11 Å². The summed E-state index contributed by atoms with van der Waals surface area (Å²) in [5, 5.41) is 9.57. The first kappa shape index (κ1) is 12.0. The lowest BCUT2D eigenvalue weighted by atomic mass is 9.84. The predicted octanol–water partition coefficient (Wildman–Crippen LogP) is 2.27. The highest BCUT2D eigenvalue weighted by Crippen LogP contribution is 2.28. The summed E-state index contributed by atoms with van der Waals surface area (Å²) >= 11 is 0. The van der Waals surface area contributed by atoms with Gasteiger partial charge in [0.25, 0.3) is 0 Å². The van der Waals surface area contributed by atoms with Crippen molar-refractivity contribution in [3.63, 3.8) is 0 Å². The summed E-state index contributed by atoms with van der Waals surface area (Å²) in [7, 11) is 2.16. The summed E-state index contributed by atoms with van der Waals surface area (Å²) in [6, 6.07) is 0.953. The Morgan fingerprint density at radius 2 is 1.79 bits per heavy atom. The molecule has 4 unspecified atom stereocenters. The number of hydrogen-bond acceptors (Lipinski definition) is 2. The van der Waals surface area contributed by atoms with Crippen molar-refractivity contribution in [3.8, 4) is 0 Å². The molecule has 0 aliphatic heterocycles. The van der Waals surface area contributed by atoms with E-state index in [1.54, 1.807) is 0 Å². The highest BCUT2D eigenvalue weighted by atomic mass is 16.3. The Bertz CT molecular complexity index is 170. The third-order valence-electron chi connectivity index (χ3n) is 3.93. The van der Waals surface area contributed by atoms with Crippen LogP contribution >= 0.6 is 0 Å². The number of likely N-dealkylation sites (N-methyl/N-ethyl adjacent to an activating group) is 1. The molecule has 0 saturated heterocycles. The van der Waals surface area contributed by atoms with Crippen LogP contribution in [0.3, 0.4) is 0 Å². The van der Waals surface area contributed by atoms with E-state index in [-0.39, 0.29) is 12.1 Å². The van der Waals surface area contributed by atoms with Gasteiger partial charge in [-0.05, 0) is 39.7 Å². The number of nitrogens with zero attached hydrogens (tertiary/aromatic N) is 1. The topological polar surface area (TPSA) is 23.5 Å². The molecule has 0 heterocycles. The molecule has 1 N–H and O–H groups in total. The van der Waals surface area contributed by atoms with Gasteiger partial charge in [0.1, 0.15) is 0 Å². The lowest BCUT2D eigenvalue weighted by Gasteiger charge is -2.40. The van der Waals surface area contributed by atoms with Gasteiger partial charge in [-0.2, -0.15) is 0 Å². The van der Waals surface area contributed by atoms with Crippen molar-refractivity contribution in [3.05, 3.63) is 0 Å². The smallest absolute Gasteiger partial charge is 0.0664 e. The van der Waals surface area contributed by atoms with Gasteiger partial charge >= 0.3 is 0 Å². The second-order valence-electron chi connectivity index (χ2n) is 4.98. The second kappa shape index (κ2) is 5.13. The highest BCUT2D eigenvalue weighted by molar-refractivity contribution is 4.83. The van der Waals surface area contributed by atoms with Crippen molar-refractivity contribution in [1.29, 1.82) is 0 Å². The van der Waals surface area contributed by atoms with E-state index in [0.29, 0.717) is 6.04 Å². The van der Waals surface area contributed by atoms with Gasteiger partial charge in [-0.3, -0.25) is 4.90 Å². The predicted molar refractivity (Wildman–Crippen MR) is 60.3 cm³/mol. The molecule has 2 heteroatoms. The molecule has 84 valence electrons. The van der Waals surface area contributed by atoms with E-state index in [1.165, 1.54) is 25.7 Å². The monoisotopic (exact) mass is 199 g/mol. The summed E-state index contributed by atoms with van der Waals surface area (Å²) < 4.78 is 0. The van der Waals surface area contributed by atoms with E-state index in [4.69, 9.17) is 0 Å². The fourth-order valence-corrected chi connectivity index (χ4v) is 2.54. The number of hydrogen-bond donors (Lipinski definition) is 1. The van der Waals surface area contributed by atoms with E-state index < -0.39 is 0 Å². The van der Waals surface area contributed by atoms with Crippen molar-refractivity contribution >= 4 is 0 Å². The van der Waals surface area contributed by atoms with Crippen LogP contribution in [0.5, 0.6) is 0 Å². The zero-order valence-corrected chi connectivity index (χ0v) is 10.0. The van der Waals surface area contributed by atoms with Crippen molar-refractivity contribution < 1.29 is 5.11 Å². The Morgan fingerprint density at radius 1 is 1.21 bits per heavy atom. The van der Waals surface area contributed by atoms with Gasteiger partial charge in [-0.25, -0.2) is 0 Å². The van der Waals surface area contributed by atoms with Gasteiger partial charge in [0.15, 0.2) is 0 Å². The summed E-state index contributed by atoms with van der Waals surface area (Å²) in [4.78, 5) is 2.37. The minimum Gasteiger partial charge on any atom is -0.392 e. The maximum Gasteiger partial charge on any atom is 0.0664 e. The van der Waals surface area contributed by atoms with Crippen LogP contribution in [0.2, 0.25) is 0 Å². The summed E-state index contributed by atoms with van der Waals surface area (Å²) in [6.07, 6.45) is 5.16. The first-order chi connectivity index (χ1) is 6.54. The molecular formula is C12H25NO. The Balaban J connectivity index is 2.53. The fraction of sp³-hybridized carbons (Fsp3) is 1.00. The molecule has 0 aromatic rings. The molecule has 2 nitrogen and oxygen atoms in total. The molecule has 0 aromatic heterocycles. The van der Waals surface area contributed by atoms with Crippen LogP contribution in [0.25, 0.3) is 0 Å². The standard InChI is InChI=1S/C12H25NO/c1-9-7-5-6-8-12(9)13(4)10(2)11(3)14/h9-12,14H,5-8H2,1-4H3. The third kappa shape index (κ3) is 2.71. The zero-order valence-electron chi connectivity index (χ0n) is 10.0. The average Bonchev–Trinajstić information content (AvgIpc) is 2.16. The van der Waals surface area contributed by atoms with E-state index in [2.05, 4.69) is 25.8 Å². The Labute approximate surface area is 88.3 Å². The molecule has 1 fully saturated rings. The molecule has 1 rings (SSSR count). The molecular weight excluding hydrogens is 174 g/mol. The molecule has 1 aliphatic carbocycles. The molecule has 0 bridgehead atoms. The van der Waals surface area contributed by atoms with E-state index in [0.717, 1.165) is 5.92 Å². The second-order valence-corrected chi connectivity index (χ2v) is 4.98. The molecule has 0 spiro atoms. The fourth-order valence-electron chi connectivity index (χ4n) is 2.54. The molecule has 0 aromatic carbocycles. The van der Waals surface area contributed by atoms with Gasteiger partial charge in [0, 0.05) is 12.1 Å². The van der Waals surface area contributed by atoms with Crippen molar-refractivity contribution in [2.24, 2.45) is 5.92 Å². The molecule has 0 radical (unpaired) electrons. The lowest BCUT2D eigenvalue weighted by Crippen LogP contribution is -2.47. The molecule has 1 saturated carbocycles. The molecule has 1 aliphatic rings. The van der Waals surface area contributed by atoms with Gasteiger partial charge in [0.05, 0.1) is 6.10 Å². The molecule has 14 heavy (non-hydrogen) atoms. The van der Waals surface area contributed by atoms with Gasteiger partial charge in [-0.1, -0.05) is 19.8 Å². The quantitative estimate of drug-likeness (QED) is 0.753. The van der Waals surface area contributed by atoms with Gasteiger partial charge in [-0.15, -0.1) is 0 Å². The van der Waals surface area contributed by atoms with E-state index in [9.17, 15) is 5.11 Å². The Morgan fingerprint density at radius 3 is 2.29 bits per heavy atom. The van der Waals surface area contributed by atoms with Crippen molar-refractivity contribution in [2.45, 2.75) is 64.6 Å². The lowest BCUT2D eigenvalue weighted by molar-refractivity contribution is 0.0320. The Hall–Kier alpha value is -0.0800. The van der Waals surface area contributed by atoms with Crippen molar-refractivity contribution in [1.82, 2.24) is 4.90 Å². The van der Waals surface area contributed by atoms with Crippen LogP contribution in [-0.4, -0.2) is 35.2 Å². The first-order valence-corrected chi connectivity index (χ1v) is 5.94. The molecule has 4 atom stereocenters. The number of aliphatic hydroxyl groups is 1. The van der Waals surface area contributed by atoms with Crippen LogP contribution in [-0.2, 0) is 0 Å². The third-order valence-corrected chi connectivity index (χ3v) is 3.93. The van der Waals surface area contributed by atoms with Crippen LogP contribution in [0.4, 0.5) is 0 Å². The maximum absolute atomic E-state index is 9.57. The summed E-state index contributed by atoms with van der Waals surface area (Å²) in [6.45, 7) is 6.34. The van der Waals surface area contributed by atoms with E-state index >= 15 is 0 Å². The highest BCUT2D eigenvalue weighted by Gasteiger charge is 2.28. The normalized spacial score (nSPS) is 33.0. The van der Waals surface area contributed by atoms with Crippen LogP contribution in [0, 0.1) is 5.92 Å². The zero-order chi connectivity index (χ0) is 10.7. The van der Waals surface area contributed by atoms with Crippen molar-refractivity contribution in [2.75, 3.05) is 7.05 Å². The maximum atomic E-state index is 9.57. The summed E-state index contributed by atoms with van der Waals surface area (Å²) in [5.41, 5.74) is 0. The number of rotatable bonds is 3. The first-order valence-electron chi connectivity index (χ1n) is 5.94. The SMILES string of the molecule is CC(O)C(C)N(C)C1CCCCC1C. The number of aliphatic hydroxyl groups excluding tert-OH is 1. The minimum absolute atomic E-state index is 0.228. The average molecular weight is 199 g/mol. The molecule has 0 amide bonds. The van der Waals surface area contributed by atoms with Crippen LogP contribution in [0.1, 0.15) is 46.5 Å². The largest absolute Gasteiger partial charge is 0.392 e. The van der Waals surface area contributed by atoms with E-state index in [1.807, 2.05) is 6.92 Å². The minimum atomic E-state index is -0.228. The van der Waals surface area contributed by atoms with Crippen LogP contribution in [0.15, 0.2) is 0 Å². The van der Waals surface area contributed by atoms with Crippen LogP contribution < -0.4 is 0 Å². The summed E-state index contributed by atoms with van der Waals surface area (Å²) in [5.74, 6) is 0.787. The van der Waals surface area contributed by atoms with Gasteiger partial charge in [0.2, 0.25) is 0 Å². The Kier molecular flexibility index (Phi) is 4.39.